The smallest absolute Gasteiger partial charge is 0.216 e. The van der Waals surface area contributed by atoms with Crippen molar-refractivity contribution in [2.45, 2.75) is 26.9 Å². The lowest BCUT2D eigenvalue weighted by atomic mass is 10.2. The minimum atomic E-state index is 0.167. The summed E-state index contributed by atoms with van der Waals surface area (Å²) in [5, 5.41) is 0. The van der Waals surface area contributed by atoms with E-state index in [1.54, 1.807) is 0 Å². The van der Waals surface area contributed by atoms with Crippen molar-refractivity contribution in [1.29, 1.82) is 0 Å². The standard InChI is InChI=1S/C12H17NO/c1-4-13-12(14-10(2)3)11-8-6-5-7-9-11/h5-10H,4H2,1-3H3. The first-order chi connectivity index (χ1) is 6.74. The Morgan fingerprint density at radius 2 is 1.93 bits per heavy atom. The van der Waals surface area contributed by atoms with Crippen molar-refractivity contribution < 1.29 is 4.74 Å². The van der Waals surface area contributed by atoms with Gasteiger partial charge in [-0.05, 0) is 32.9 Å². The van der Waals surface area contributed by atoms with Gasteiger partial charge in [-0.25, -0.2) is 0 Å². The van der Waals surface area contributed by atoms with Crippen molar-refractivity contribution in [3.05, 3.63) is 35.9 Å². The van der Waals surface area contributed by atoms with Crippen LogP contribution in [0.2, 0.25) is 0 Å². The van der Waals surface area contributed by atoms with Crippen molar-refractivity contribution in [3.8, 4) is 0 Å². The van der Waals surface area contributed by atoms with E-state index in [1.165, 1.54) is 0 Å². The molecule has 76 valence electrons. The molecule has 1 rings (SSSR count). The van der Waals surface area contributed by atoms with Crippen molar-refractivity contribution in [3.63, 3.8) is 0 Å². The zero-order valence-corrected chi connectivity index (χ0v) is 9.03. The van der Waals surface area contributed by atoms with Gasteiger partial charge in [0, 0.05) is 12.1 Å². The molecular weight excluding hydrogens is 174 g/mol. The van der Waals surface area contributed by atoms with Crippen molar-refractivity contribution in [2.24, 2.45) is 4.99 Å². The van der Waals surface area contributed by atoms with Crippen LogP contribution in [0.3, 0.4) is 0 Å². The van der Waals surface area contributed by atoms with Gasteiger partial charge in [0.05, 0.1) is 6.10 Å². The van der Waals surface area contributed by atoms with Gasteiger partial charge in [-0.15, -0.1) is 0 Å². The third-order valence-corrected chi connectivity index (χ3v) is 1.67. The second kappa shape index (κ2) is 5.43. The Bertz CT molecular complexity index is 290. The molecule has 2 nitrogen and oxygen atoms in total. The number of hydrogen-bond acceptors (Lipinski definition) is 2. The highest BCUT2D eigenvalue weighted by Crippen LogP contribution is 2.05. The van der Waals surface area contributed by atoms with Crippen LogP contribution < -0.4 is 0 Å². The molecule has 0 unspecified atom stereocenters. The second-order valence-electron chi connectivity index (χ2n) is 3.31. The molecule has 0 aliphatic carbocycles. The SMILES string of the molecule is CCN=C(OC(C)C)c1ccccc1. The maximum Gasteiger partial charge on any atom is 0.216 e. The Hall–Kier alpha value is -1.31. The molecule has 0 heterocycles. The lowest BCUT2D eigenvalue weighted by Crippen LogP contribution is -2.13. The van der Waals surface area contributed by atoms with E-state index in [1.807, 2.05) is 51.1 Å². The van der Waals surface area contributed by atoms with Gasteiger partial charge in [0.15, 0.2) is 0 Å². The highest BCUT2D eigenvalue weighted by atomic mass is 16.5. The summed E-state index contributed by atoms with van der Waals surface area (Å²) in [7, 11) is 0. The van der Waals surface area contributed by atoms with Crippen LogP contribution >= 0.6 is 0 Å². The maximum absolute atomic E-state index is 5.63. The Balaban J connectivity index is 2.84. The molecule has 2 heteroatoms. The zero-order valence-electron chi connectivity index (χ0n) is 9.03. The second-order valence-corrected chi connectivity index (χ2v) is 3.31. The molecule has 0 amide bonds. The van der Waals surface area contributed by atoms with Gasteiger partial charge in [0.1, 0.15) is 0 Å². The topological polar surface area (TPSA) is 21.6 Å². The summed E-state index contributed by atoms with van der Waals surface area (Å²) in [4.78, 5) is 4.33. The summed E-state index contributed by atoms with van der Waals surface area (Å²) in [5.74, 6) is 0.739. The first kappa shape index (κ1) is 10.8. The molecule has 0 saturated heterocycles. The lowest BCUT2D eigenvalue weighted by molar-refractivity contribution is 0.228. The maximum atomic E-state index is 5.63. The Morgan fingerprint density at radius 3 is 2.43 bits per heavy atom. The van der Waals surface area contributed by atoms with Gasteiger partial charge in [0.25, 0.3) is 0 Å². The normalized spacial score (nSPS) is 11.9. The van der Waals surface area contributed by atoms with Crippen LogP contribution in [-0.2, 0) is 4.74 Å². The van der Waals surface area contributed by atoms with Crippen molar-refractivity contribution in [2.75, 3.05) is 6.54 Å². The van der Waals surface area contributed by atoms with E-state index < -0.39 is 0 Å². The molecule has 1 aromatic carbocycles. The van der Waals surface area contributed by atoms with Crippen LogP contribution in [0.15, 0.2) is 35.3 Å². The van der Waals surface area contributed by atoms with E-state index in [4.69, 9.17) is 4.74 Å². The summed E-state index contributed by atoms with van der Waals surface area (Å²) in [6, 6.07) is 9.99. The predicted octanol–water partition coefficient (Wildman–Crippen LogP) is 2.88. The first-order valence-corrected chi connectivity index (χ1v) is 5.00. The molecule has 0 aliphatic heterocycles. The van der Waals surface area contributed by atoms with Crippen LogP contribution in [0.5, 0.6) is 0 Å². The van der Waals surface area contributed by atoms with E-state index in [2.05, 4.69) is 4.99 Å². The average molecular weight is 191 g/mol. The van der Waals surface area contributed by atoms with E-state index in [0.29, 0.717) is 0 Å². The van der Waals surface area contributed by atoms with E-state index in [-0.39, 0.29) is 6.10 Å². The fourth-order valence-electron chi connectivity index (χ4n) is 1.14. The molecule has 0 aromatic heterocycles. The number of benzene rings is 1. The molecule has 0 saturated carbocycles. The number of aliphatic imine (C=N–C) groups is 1. The van der Waals surface area contributed by atoms with Gasteiger partial charge >= 0.3 is 0 Å². The molecule has 0 bridgehead atoms. The highest BCUT2D eigenvalue weighted by molar-refractivity contribution is 5.94. The van der Waals surface area contributed by atoms with Crippen molar-refractivity contribution >= 4 is 5.90 Å². The molecule has 0 aliphatic rings. The Labute approximate surface area is 85.6 Å². The molecule has 0 N–H and O–H groups in total. The number of nitrogens with zero attached hydrogens (tertiary/aromatic N) is 1. The minimum absolute atomic E-state index is 0.167. The monoisotopic (exact) mass is 191 g/mol. The summed E-state index contributed by atoms with van der Waals surface area (Å²) < 4.78 is 5.63. The fourth-order valence-corrected chi connectivity index (χ4v) is 1.14. The molecule has 0 radical (unpaired) electrons. The Kier molecular flexibility index (Phi) is 4.17. The average Bonchev–Trinajstić information content (AvgIpc) is 2.18. The summed E-state index contributed by atoms with van der Waals surface area (Å²) in [6.07, 6.45) is 0.167. The molecule has 1 aromatic rings. The van der Waals surface area contributed by atoms with Crippen LogP contribution in [0, 0.1) is 0 Å². The Morgan fingerprint density at radius 1 is 1.29 bits per heavy atom. The largest absolute Gasteiger partial charge is 0.475 e. The van der Waals surface area contributed by atoms with Gasteiger partial charge < -0.3 is 4.74 Å². The van der Waals surface area contributed by atoms with E-state index in [9.17, 15) is 0 Å². The number of rotatable bonds is 3. The lowest BCUT2D eigenvalue weighted by Gasteiger charge is -2.12. The van der Waals surface area contributed by atoms with E-state index >= 15 is 0 Å². The predicted molar refractivity (Wildman–Crippen MR) is 59.7 cm³/mol. The summed E-state index contributed by atoms with van der Waals surface area (Å²) >= 11 is 0. The van der Waals surface area contributed by atoms with Gasteiger partial charge in [-0.1, -0.05) is 18.2 Å². The summed E-state index contributed by atoms with van der Waals surface area (Å²) in [5.41, 5.74) is 1.04. The molecule has 0 spiro atoms. The highest BCUT2D eigenvalue weighted by Gasteiger charge is 2.05. The van der Waals surface area contributed by atoms with Crippen LogP contribution in [-0.4, -0.2) is 18.5 Å². The van der Waals surface area contributed by atoms with Crippen LogP contribution in [0.1, 0.15) is 26.3 Å². The van der Waals surface area contributed by atoms with Gasteiger partial charge in [-0.3, -0.25) is 4.99 Å². The van der Waals surface area contributed by atoms with Crippen LogP contribution in [0.25, 0.3) is 0 Å². The quantitative estimate of drug-likeness (QED) is 0.531. The molecule has 0 fully saturated rings. The fraction of sp³-hybridized carbons (Fsp3) is 0.417. The third-order valence-electron chi connectivity index (χ3n) is 1.67. The third kappa shape index (κ3) is 3.21. The van der Waals surface area contributed by atoms with Crippen LogP contribution in [0.4, 0.5) is 0 Å². The first-order valence-electron chi connectivity index (χ1n) is 5.00. The van der Waals surface area contributed by atoms with Crippen molar-refractivity contribution in [1.82, 2.24) is 0 Å². The minimum Gasteiger partial charge on any atom is -0.475 e. The summed E-state index contributed by atoms with van der Waals surface area (Å²) in [6.45, 7) is 6.77. The van der Waals surface area contributed by atoms with Gasteiger partial charge in [0.2, 0.25) is 5.90 Å². The zero-order chi connectivity index (χ0) is 10.4. The number of ether oxygens (including phenoxy) is 1. The molecular formula is C12H17NO. The molecule has 0 atom stereocenters. The van der Waals surface area contributed by atoms with Gasteiger partial charge in [-0.2, -0.15) is 0 Å². The molecule has 14 heavy (non-hydrogen) atoms. The number of hydrogen-bond donors (Lipinski definition) is 0. The van der Waals surface area contributed by atoms with E-state index in [0.717, 1.165) is 18.0 Å².